The maximum absolute atomic E-state index is 11.9. The Hall–Kier alpha value is -1.34. The lowest BCUT2D eigenvalue weighted by Gasteiger charge is -2.38. The number of piperidine rings is 1. The number of likely N-dealkylation sites (tertiary alicyclic amines) is 2. The minimum atomic E-state index is -0.713. The number of amides is 2. The van der Waals surface area contributed by atoms with Crippen molar-refractivity contribution in [2.75, 3.05) is 32.7 Å². The van der Waals surface area contributed by atoms with E-state index in [0.29, 0.717) is 32.2 Å². The maximum Gasteiger partial charge on any atom is 0.320 e. The van der Waals surface area contributed by atoms with Crippen LogP contribution in [-0.2, 0) is 4.79 Å². The van der Waals surface area contributed by atoms with Gasteiger partial charge >= 0.3 is 12.0 Å². The zero-order valence-electron chi connectivity index (χ0n) is 12.5. The number of carbonyl (C=O) groups is 2. The first kappa shape index (κ1) is 16.0. The Balaban J connectivity index is 1.77. The van der Waals surface area contributed by atoms with Crippen molar-refractivity contribution in [3.63, 3.8) is 0 Å². The molecule has 2 saturated heterocycles. The Labute approximate surface area is 125 Å². The number of nitrogens with one attached hydrogen (secondary N) is 1. The third-order valence-corrected chi connectivity index (χ3v) is 4.46. The van der Waals surface area contributed by atoms with E-state index in [1.54, 1.807) is 0 Å². The molecular weight excluding hydrogens is 272 g/mol. The number of carboxylic acid groups (broad SMARTS) is 1. The zero-order valence-corrected chi connectivity index (χ0v) is 12.5. The summed E-state index contributed by atoms with van der Waals surface area (Å²) in [6.45, 7) is 3.45. The van der Waals surface area contributed by atoms with Crippen LogP contribution in [0.4, 0.5) is 4.79 Å². The Bertz CT molecular complexity index is 369. The summed E-state index contributed by atoms with van der Waals surface area (Å²) in [6, 6.07) is -0.0697. The van der Waals surface area contributed by atoms with E-state index in [4.69, 9.17) is 5.73 Å². The highest BCUT2D eigenvalue weighted by Crippen LogP contribution is 2.26. The first-order valence-corrected chi connectivity index (χ1v) is 7.85. The fourth-order valence-electron chi connectivity index (χ4n) is 3.30. The summed E-state index contributed by atoms with van der Waals surface area (Å²) < 4.78 is 0. The third-order valence-electron chi connectivity index (χ3n) is 4.46. The molecule has 7 heteroatoms. The number of nitrogens with zero attached hydrogens (tertiary/aromatic N) is 2. The number of hydrogen-bond acceptors (Lipinski definition) is 4. The van der Waals surface area contributed by atoms with E-state index < -0.39 is 5.97 Å². The first-order valence-electron chi connectivity index (χ1n) is 7.85. The van der Waals surface area contributed by atoms with E-state index in [2.05, 4.69) is 10.2 Å². The highest BCUT2D eigenvalue weighted by atomic mass is 16.4. The van der Waals surface area contributed by atoms with Crippen LogP contribution in [0.3, 0.4) is 0 Å². The van der Waals surface area contributed by atoms with Crippen molar-refractivity contribution in [3.05, 3.63) is 0 Å². The van der Waals surface area contributed by atoms with Gasteiger partial charge < -0.3 is 21.1 Å². The Morgan fingerprint density at radius 3 is 2.52 bits per heavy atom. The lowest BCUT2D eigenvalue weighted by molar-refractivity contribution is -0.143. The van der Waals surface area contributed by atoms with Gasteiger partial charge in [-0.05, 0) is 45.2 Å². The SMILES string of the molecule is NCCCNC(=O)N1CCC(N2CCCC2C(=O)O)CC1. The van der Waals surface area contributed by atoms with Crippen molar-refractivity contribution in [2.45, 2.75) is 44.2 Å². The second kappa shape index (κ2) is 7.61. The van der Waals surface area contributed by atoms with E-state index in [1.165, 1.54) is 0 Å². The van der Waals surface area contributed by atoms with Crippen molar-refractivity contribution >= 4 is 12.0 Å². The van der Waals surface area contributed by atoms with Gasteiger partial charge in [-0.1, -0.05) is 0 Å². The van der Waals surface area contributed by atoms with Crippen molar-refractivity contribution < 1.29 is 14.7 Å². The Morgan fingerprint density at radius 1 is 1.19 bits per heavy atom. The average Bonchev–Trinajstić information content (AvgIpc) is 2.97. The fraction of sp³-hybridized carbons (Fsp3) is 0.857. The van der Waals surface area contributed by atoms with E-state index in [9.17, 15) is 14.7 Å². The van der Waals surface area contributed by atoms with Crippen molar-refractivity contribution in [1.29, 1.82) is 0 Å². The van der Waals surface area contributed by atoms with E-state index >= 15 is 0 Å². The molecule has 0 aromatic rings. The maximum atomic E-state index is 11.9. The van der Waals surface area contributed by atoms with Gasteiger partial charge in [0.2, 0.25) is 0 Å². The lowest BCUT2D eigenvalue weighted by Crippen LogP contribution is -2.51. The molecular formula is C14H26N4O3. The average molecular weight is 298 g/mol. The summed E-state index contributed by atoms with van der Waals surface area (Å²) in [5.74, 6) is -0.713. The van der Waals surface area contributed by atoms with Gasteiger partial charge in [-0.25, -0.2) is 4.79 Å². The van der Waals surface area contributed by atoms with E-state index in [0.717, 1.165) is 38.6 Å². The van der Waals surface area contributed by atoms with Gasteiger partial charge in [-0.2, -0.15) is 0 Å². The van der Waals surface area contributed by atoms with Crippen LogP contribution in [0.15, 0.2) is 0 Å². The lowest BCUT2D eigenvalue weighted by atomic mass is 10.0. The van der Waals surface area contributed by atoms with Crippen LogP contribution in [0, 0.1) is 0 Å². The molecule has 2 heterocycles. The fourth-order valence-corrected chi connectivity index (χ4v) is 3.30. The third kappa shape index (κ3) is 4.07. The van der Waals surface area contributed by atoms with Gasteiger partial charge in [-0.15, -0.1) is 0 Å². The van der Waals surface area contributed by atoms with Gasteiger partial charge in [0.25, 0.3) is 0 Å². The molecule has 1 unspecified atom stereocenters. The van der Waals surface area contributed by atoms with Crippen molar-refractivity contribution in [1.82, 2.24) is 15.1 Å². The summed E-state index contributed by atoms with van der Waals surface area (Å²) in [5, 5.41) is 12.1. The van der Waals surface area contributed by atoms with Crippen molar-refractivity contribution in [2.24, 2.45) is 5.73 Å². The number of nitrogens with two attached hydrogens (primary N) is 1. The second-order valence-corrected chi connectivity index (χ2v) is 5.83. The standard InChI is InChI=1S/C14H26N4O3/c15-6-2-7-16-14(21)17-9-4-11(5-10-17)18-8-1-3-12(18)13(19)20/h11-12H,1-10,15H2,(H,16,21)(H,19,20). The predicted octanol–water partition coefficient (Wildman–Crippen LogP) is 0.0582. The molecule has 2 aliphatic heterocycles. The predicted molar refractivity (Wildman–Crippen MR) is 79.0 cm³/mol. The number of aliphatic carboxylic acids is 1. The summed E-state index contributed by atoms with van der Waals surface area (Å²) in [6.07, 6.45) is 4.20. The van der Waals surface area contributed by atoms with Gasteiger partial charge in [0.15, 0.2) is 0 Å². The summed E-state index contributed by atoms with van der Waals surface area (Å²) in [7, 11) is 0. The molecule has 0 aromatic carbocycles. The molecule has 2 amide bonds. The summed E-state index contributed by atoms with van der Waals surface area (Å²) in [5.41, 5.74) is 5.40. The van der Waals surface area contributed by atoms with Gasteiger partial charge in [-0.3, -0.25) is 9.69 Å². The number of hydrogen-bond donors (Lipinski definition) is 3. The number of carbonyl (C=O) groups excluding carboxylic acids is 1. The number of rotatable bonds is 5. The van der Waals surface area contributed by atoms with Crippen molar-refractivity contribution in [3.8, 4) is 0 Å². The van der Waals surface area contributed by atoms with E-state index in [-0.39, 0.29) is 12.1 Å². The molecule has 2 aliphatic rings. The number of urea groups is 1. The molecule has 1 atom stereocenters. The molecule has 120 valence electrons. The zero-order chi connectivity index (χ0) is 15.2. The molecule has 2 fully saturated rings. The summed E-state index contributed by atoms with van der Waals surface area (Å²) in [4.78, 5) is 27.1. The number of carboxylic acids is 1. The monoisotopic (exact) mass is 298 g/mol. The molecule has 0 bridgehead atoms. The Morgan fingerprint density at radius 2 is 1.90 bits per heavy atom. The first-order chi connectivity index (χ1) is 10.1. The Kier molecular flexibility index (Phi) is 5.81. The van der Waals surface area contributed by atoms with Gasteiger partial charge in [0.05, 0.1) is 0 Å². The topological polar surface area (TPSA) is 98.9 Å². The van der Waals surface area contributed by atoms with Crippen LogP contribution in [-0.4, -0.2) is 71.7 Å². The normalized spacial score (nSPS) is 24.2. The minimum absolute atomic E-state index is 0.0295. The molecule has 7 nitrogen and oxygen atoms in total. The molecule has 4 N–H and O–H groups in total. The van der Waals surface area contributed by atoms with Crippen LogP contribution in [0.5, 0.6) is 0 Å². The summed E-state index contributed by atoms with van der Waals surface area (Å²) >= 11 is 0. The second-order valence-electron chi connectivity index (χ2n) is 5.83. The van der Waals surface area contributed by atoms with Crippen LogP contribution < -0.4 is 11.1 Å². The highest BCUT2D eigenvalue weighted by molar-refractivity contribution is 5.74. The molecule has 21 heavy (non-hydrogen) atoms. The van der Waals surface area contributed by atoms with E-state index in [1.807, 2.05) is 4.90 Å². The van der Waals surface area contributed by atoms with Gasteiger partial charge in [0, 0.05) is 25.7 Å². The van der Waals surface area contributed by atoms with Crippen LogP contribution >= 0.6 is 0 Å². The largest absolute Gasteiger partial charge is 0.480 e. The molecule has 0 saturated carbocycles. The smallest absolute Gasteiger partial charge is 0.320 e. The quantitative estimate of drug-likeness (QED) is 0.623. The van der Waals surface area contributed by atoms with Gasteiger partial charge in [0.1, 0.15) is 6.04 Å². The molecule has 2 rings (SSSR count). The van der Waals surface area contributed by atoms with Crippen LogP contribution in [0.25, 0.3) is 0 Å². The molecule has 0 spiro atoms. The van der Waals surface area contributed by atoms with Crippen LogP contribution in [0.2, 0.25) is 0 Å². The molecule has 0 aliphatic carbocycles. The van der Waals surface area contributed by atoms with Crippen LogP contribution in [0.1, 0.15) is 32.1 Å². The molecule has 0 radical (unpaired) electrons. The molecule has 0 aromatic heterocycles. The minimum Gasteiger partial charge on any atom is -0.480 e. The highest BCUT2D eigenvalue weighted by Gasteiger charge is 2.37.